The number of benzene rings is 2. The number of aromatic nitrogens is 3. The lowest BCUT2D eigenvalue weighted by atomic mass is 9.90. The second-order valence-corrected chi connectivity index (χ2v) is 10.0. The molecule has 0 saturated carbocycles. The number of piperidine rings is 1. The van der Waals surface area contributed by atoms with Crippen molar-refractivity contribution in [2.24, 2.45) is 13.0 Å². The first-order chi connectivity index (χ1) is 17.5. The fourth-order valence-electron chi connectivity index (χ4n) is 5.53. The van der Waals surface area contributed by atoms with Gasteiger partial charge in [-0.25, -0.2) is 4.68 Å². The molecule has 0 unspecified atom stereocenters. The number of hydrogen-bond acceptors (Lipinski definition) is 4. The van der Waals surface area contributed by atoms with Gasteiger partial charge in [0.2, 0.25) is 5.91 Å². The molecule has 0 bridgehead atoms. The topological polar surface area (TPSA) is 72.2 Å². The maximum absolute atomic E-state index is 13.1. The lowest BCUT2D eigenvalue weighted by Crippen LogP contribution is -2.37. The van der Waals surface area contributed by atoms with Crippen LogP contribution in [0.25, 0.3) is 21.8 Å². The van der Waals surface area contributed by atoms with E-state index >= 15 is 0 Å². The van der Waals surface area contributed by atoms with Gasteiger partial charge in [-0.15, -0.1) is 0 Å². The Morgan fingerprint density at radius 3 is 2.56 bits per heavy atom. The number of amides is 1. The van der Waals surface area contributed by atoms with Gasteiger partial charge in [-0.05, 0) is 69.8 Å². The highest BCUT2D eigenvalue weighted by atomic mass is 16.2. The maximum Gasteiger partial charge on any atom is 0.291 e. The quantitative estimate of drug-likeness (QED) is 0.384. The largest absolute Gasteiger partial charge is 0.354 e. The van der Waals surface area contributed by atoms with Crippen molar-refractivity contribution in [3.8, 4) is 0 Å². The van der Waals surface area contributed by atoms with Crippen LogP contribution in [0.1, 0.15) is 37.8 Å². The Hall–Kier alpha value is -3.45. The summed E-state index contributed by atoms with van der Waals surface area (Å²) in [5.41, 5.74) is 2.64. The lowest BCUT2D eigenvalue weighted by molar-refractivity contribution is -0.123. The number of fused-ring (bicyclic) bond motifs is 3. The summed E-state index contributed by atoms with van der Waals surface area (Å²) in [5.74, 6) is 0.691. The first kappa shape index (κ1) is 24.3. The summed E-state index contributed by atoms with van der Waals surface area (Å²) in [6.45, 7) is 5.73. The van der Waals surface area contributed by atoms with Gasteiger partial charge in [0, 0.05) is 24.4 Å². The average molecular weight is 486 g/mol. The van der Waals surface area contributed by atoms with E-state index in [9.17, 15) is 9.59 Å². The van der Waals surface area contributed by atoms with E-state index < -0.39 is 6.04 Å². The van der Waals surface area contributed by atoms with E-state index in [0.29, 0.717) is 12.1 Å². The van der Waals surface area contributed by atoms with Crippen molar-refractivity contribution in [3.63, 3.8) is 0 Å². The molecule has 2 aromatic heterocycles. The molecule has 36 heavy (non-hydrogen) atoms. The molecule has 1 atom stereocenters. The Bertz CT molecular complexity index is 1400. The van der Waals surface area contributed by atoms with Crippen molar-refractivity contribution in [3.05, 3.63) is 76.7 Å². The van der Waals surface area contributed by atoms with E-state index in [1.54, 1.807) is 13.2 Å². The van der Waals surface area contributed by atoms with Gasteiger partial charge >= 0.3 is 0 Å². The molecule has 2 aromatic carbocycles. The number of hydrogen-bond donors (Lipinski definition) is 1. The Balaban J connectivity index is 1.16. The van der Waals surface area contributed by atoms with Gasteiger partial charge in [-0.3, -0.25) is 9.59 Å². The third-order valence-electron chi connectivity index (χ3n) is 7.60. The predicted molar refractivity (Wildman–Crippen MR) is 144 cm³/mol. The molecule has 1 aliphatic rings. The average Bonchev–Trinajstić information content (AvgIpc) is 3.24. The second-order valence-electron chi connectivity index (χ2n) is 10.0. The Labute approximate surface area is 211 Å². The summed E-state index contributed by atoms with van der Waals surface area (Å²) in [4.78, 5) is 28.6. The zero-order valence-electron chi connectivity index (χ0n) is 21.2. The monoisotopic (exact) mass is 485 g/mol. The highest BCUT2D eigenvalue weighted by Gasteiger charge is 2.23. The van der Waals surface area contributed by atoms with Crippen LogP contribution in [0.15, 0.2) is 65.6 Å². The molecule has 7 heteroatoms. The van der Waals surface area contributed by atoms with Gasteiger partial charge in [0.1, 0.15) is 11.6 Å². The van der Waals surface area contributed by atoms with Crippen LogP contribution in [-0.4, -0.2) is 51.3 Å². The number of nitrogens with one attached hydrogen (secondary N) is 1. The van der Waals surface area contributed by atoms with Gasteiger partial charge in [0.05, 0.1) is 11.7 Å². The molecule has 1 aliphatic heterocycles. The molecular formula is C29H35N5O2. The molecule has 0 aliphatic carbocycles. The molecular weight excluding hydrogens is 450 g/mol. The fourth-order valence-corrected chi connectivity index (χ4v) is 5.53. The molecule has 4 aromatic rings. The van der Waals surface area contributed by atoms with Gasteiger partial charge in [0.15, 0.2) is 0 Å². The maximum atomic E-state index is 13.1. The molecule has 0 spiro atoms. The second kappa shape index (κ2) is 10.7. The number of nitrogens with zero attached hydrogens (tertiary/aromatic N) is 4. The highest BCUT2D eigenvalue weighted by molar-refractivity contribution is 6.08. The van der Waals surface area contributed by atoms with Crippen molar-refractivity contribution in [1.29, 1.82) is 0 Å². The summed E-state index contributed by atoms with van der Waals surface area (Å²) in [6.07, 6.45) is 6.26. The van der Waals surface area contributed by atoms with Crippen LogP contribution in [0.3, 0.4) is 0 Å². The predicted octanol–water partition coefficient (Wildman–Crippen LogP) is 3.91. The van der Waals surface area contributed by atoms with Gasteiger partial charge in [-0.1, -0.05) is 48.5 Å². The van der Waals surface area contributed by atoms with Crippen LogP contribution >= 0.6 is 0 Å². The number of carbonyl (C=O) groups is 1. The van der Waals surface area contributed by atoms with Gasteiger partial charge in [-0.2, -0.15) is 5.10 Å². The standard InChI is InChI=1S/C29H35N5O2/c1-21(34-26-12-7-6-11-24(26)25-20-31-32(2)29(36)27(25)34)28(35)30-15-8-16-33-17-13-23(14-18-33)19-22-9-4-3-5-10-22/h3-7,9-12,20-21,23H,8,13-19H2,1-2H3,(H,30,35)/t21-/m0/s1. The van der Waals surface area contributed by atoms with E-state index in [1.807, 2.05) is 35.8 Å². The molecule has 0 radical (unpaired) electrons. The molecule has 1 amide bonds. The molecule has 1 saturated heterocycles. The summed E-state index contributed by atoms with van der Waals surface area (Å²) in [6, 6.07) is 18.1. The van der Waals surface area contributed by atoms with Crippen LogP contribution in [0.2, 0.25) is 0 Å². The number of likely N-dealkylation sites (tertiary alicyclic amines) is 1. The number of rotatable bonds is 8. The summed E-state index contributed by atoms with van der Waals surface area (Å²) in [7, 11) is 1.64. The first-order valence-corrected chi connectivity index (χ1v) is 13.0. The number of carbonyl (C=O) groups excluding carboxylic acids is 1. The zero-order valence-corrected chi connectivity index (χ0v) is 21.2. The molecule has 5 rings (SSSR count). The zero-order chi connectivity index (χ0) is 25.1. The van der Waals surface area contributed by atoms with Crippen LogP contribution in [0.5, 0.6) is 0 Å². The number of para-hydroxylation sites is 1. The number of aryl methyl sites for hydroxylation is 1. The minimum atomic E-state index is -0.503. The van der Waals surface area contributed by atoms with Crippen molar-refractivity contribution < 1.29 is 4.79 Å². The van der Waals surface area contributed by atoms with Crippen molar-refractivity contribution >= 4 is 27.7 Å². The minimum absolute atomic E-state index is 0.0712. The fraction of sp³-hybridized carbons (Fsp3) is 0.414. The lowest BCUT2D eigenvalue weighted by Gasteiger charge is -2.32. The van der Waals surface area contributed by atoms with Gasteiger partial charge in [0.25, 0.3) is 5.56 Å². The van der Waals surface area contributed by atoms with E-state index in [1.165, 1.54) is 29.5 Å². The van der Waals surface area contributed by atoms with Crippen molar-refractivity contribution in [1.82, 2.24) is 24.6 Å². The molecule has 1 N–H and O–H groups in total. The Morgan fingerprint density at radius 2 is 1.78 bits per heavy atom. The SMILES string of the molecule is C[C@@H](C(=O)NCCCN1CCC(Cc2ccccc2)CC1)n1c2ccccc2c2cnn(C)c(=O)c21. The van der Waals surface area contributed by atoms with Crippen LogP contribution in [0.4, 0.5) is 0 Å². The van der Waals surface area contributed by atoms with Crippen LogP contribution in [-0.2, 0) is 18.3 Å². The summed E-state index contributed by atoms with van der Waals surface area (Å²) < 4.78 is 3.19. The minimum Gasteiger partial charge on any atom is -0.354 e. The molecule has 3 heterocycles. The van der Waals surface area contributed by atoms with E-state index in [4.69, 9.17) is 0 Å². The van der Waals surface area contributed by atoms with Crippen molar-refractivity contribution in [2.45, 2.75) is 38.6 Å². The molecule has 1 fully saturated rings. The van der Waals surface area contributed by atoms with Crippen LogP contribution < -0.4 is 10.9 Å². The third kappa shape index (κ3) is 4.93. The van der Waals surface area contributed by atoms with E-state index in [2.05, 4.69) is 45.6 Å². The normalized spacial score (nSPS) is 15.9. The smallest absolute Gasteiger partial charge is 0.291 e. The van der Waals surface area contributed by atoms with Crippen molar-refractivity contribution in [2.75, 3.05) is 26.2 Å². The van der Waals surface area contributed by atoms with Gasteiger partial charge < -0.3 is 14.8 Å². The molecule has 7 nitrogen and oxygen atoms in total. The van der Waals surface area contributed by atoms with E-state index in [-0.39, 0.29) is 11.5 Å². The van der Waals surface area contributed by atoms with E-state index in [0.717, 1.165) is 48.3 Å². The summed E-state index contributed by atoms with van der Waals surface area (Å²) >= 11 is 0. The highest BCUT2D eigenvalue weighted by Crippen LogP contribution is 2.29. The third-order valence-corrected chi connectivity index (χ3v) is 7.60. The summed E-state index contributed by atoms with van der Waals surface area (Å²) in [5, 5.41) is 9.01. The Kier molecular flexibility index (Phi) is 7.18. The molecule has 188 valence electrons. The van der Waals surface area contributed by atoms with Crippen LogP contribution in [0, 0.1) is 5.92 Å². The Morgan fingerprint density at radius 1 is 1.06 bits per heavy atom. The first-order valence-electron chi connectivity index (χ1n) is 13.0.